The fraction of sp³-hybridized carbons (Fsp3) is 0.235. The minimum absolute atomic E-state index is 0.538. The van der Waals surface area contributed by atoms with Crippen LogP contribution in [0, 0.1) is 6.92 Å². The molecule has 0 aliphatic heterocycles. The molecular formula is C17H16N4O4S. The zero-order valence-corrected chi connectivity index (χ0v) is 15.5. The van der Waals surface area contributed by atoms with Crippen LogP contribution in [0.15, 0.2) is 28.9 Å². The first-order chi connectivity index (χ1) is 12.7. The normalized spacial score (nSPS) is 11.1. The molecule has 3 aromatic heterocycles. The maximum Gasteiger partial charge on any atom is 0.235 e. The summed E-state index contributed by atoms with van der Waals surface area (Å²) >= 11 is 1.42. The molecule has 0 fully saturated rings. The summed E-state index contributed by atoms with van der Waals surface area (Å²) in [5.41, 5.74) is 1.70. The Hall–Kier alpha value is -3.07. The number of aromatic nitrogens is 4. The average molecular weight is 372 g/mol. The van der Waals surface area contributed by atoms with Crippen LogP contribution in [0.4, 0.5) is 0 Å². The van der Waals surface area contributed by atoms with Crippen LogP contribution in [-0.2, 0) is 0 Å². The molecule has 0 N–H and O–H groups in total. The summed E-state index contributed by atoms with van der Waals surface area (Å²) in [7, 11) is 4.74. The second-order valence-electron chi connectivity index (χ2n) is 5.43. The van der Waals surface area contributed by atoms with Crippen LogP contribution in [-0.4, -0.2) is 41.1 Å². The lowest BCUT2D eigenvalue weighted by molar-refractivity contribution is 0.324. The number of fused-ring (bicyclic) bond motifs is 1. The number of furan rings is 1. The van der Waals surface area contributed by atoms with Gasteiger partial charge in [0.25, 0.3) is 0 Å². The van der Waals surface area contributed by atoms with Gasteiger partial charge in [-0.1, -0.05) is 11.3 Å². The summed E-state index contributed by atoms with van der Waals surface area (Å²) in [5, 5.41) is 13.9. The van der Waals surface area contributed by atoms with Gasteiger partial charge < -0.3 is 18.6 Å². The standard InChI is InChI=1S/C17H16N4O4S/c1-9-11(5-6-25-9)15-18-19-17-21(15)20-16(26-17)10-7-12(22-2)14(24-4)13(8-10)23-3/h5-8H,1-4H3. The quantitative estimate of drug-likeness (QED) is 0.530. The van der Waals surface area contributed by atoms with Crippen molar-refractivity contribution in [2.24, 2.45) is 0 Å². The van der Waals surface area contributed by atoms with E-state index in [2.05, 4.69) is 15.3 Å². The molecule has 0 amide bonds. The van der Waals surface area contributed by atoms with Crippen molar-refractivity contribution in [3.63, 3.8) is 0 Å². The van der Waals surface area contributed by atoms with E-state index >= 15 is 0 Å². The molecule has 0 aliphatic rings. The van der Waals surface area contributed by atoms with Crippen LogP contribution in [0.2, 0.25) is 0 Å². The van der Waals surface area contributed by atoms with E-state index < -0.39 is 0 Å². The molecule has 9 heteroatoms. The van der Waals surface area contributed by atoms with E-state index in [4.69, 9.17) is 18.6 Å². The van der Waals surface area contributed by atoms with E-state index in [0.717, 1.165) is 21.9 Å². The molecule has 0 unspecified atom stereocenters. The Morgan fingerprint density at radius 2 is 1.77 bits per heavy atom. The van der Waals surface area contributed by atoms with Crippen LogP contribution in [0.5, 0.6) is 17.2 Å². The Bertz CT molecular complexity index is 1060. The highest BCUT2D eigenvalue weighted by Gasteiger charge is 2.20. The molecule has 0 saturated heterocycles. The zero-order chi connectivity index (χ0) is 18.3. The first-order valence-corrected chi connectivity index (χ1v) is 8.55. The van der Waals surface area contributed by atoms with E-state index in [1.807, 2.05) is 25.1 Å². The highest BCUT2D eigenvalue weighted by molar-refractivity contribution is 7.19. The summed E-state index contributed by atoms with van der Waals surface area (Å²) in [6, 6.07) is 5.57. The molecule has 4 rings (SSSR count). The minimum Gasteiger partial charge on any atom is -0.493 e. The lowest BCUT2D eigenvalue weighted by Crippen LogP contribution is -1.96. The molecule has 0 atom stereocenters. The summed E-state index contributed by atoms with van der Waals surface area (Å²) in [6.45, 7) is 1.88. The van der Waals surface area contributed by atoms with Crippen LogP contribution in [0.1, 0.15) is 5.76 Å². The summed E-state index contributed by atoms with van der Waals surface area (Å²) in [4.78, 5) is 0.685. The molecular weight excluding hydrogens is 356 g/mol. The fourth-order valence-corrected chi connectivity index (χ4v) is 3.55. The second kappa shape index (κ2) is 6.34. The van der Waals surface area contributed by atoms with Crippen LogP contribution >= 0.6 is 11.3 Å². The van der Waals surface area contributed by atoms with Crippen molar-refractivity contribution in [1.82, 2.24) is 19.8 Å². The summed E-state index contributed by atoms with van der Waals surface area (Å²) in [6.07, 6.45) is 1.62. The Kier molecular flexibility index (Phi) is 4.00. The monoisotopic (exact) mass is 372 g/mol. The van der Waals surface area contributed by atoms with Crippen LogP contribution in [0.3, 0.4) is 0 Å². The third-order valence-corrected chi connectivity index (χ3v) is 4.95. The van der Waals surface area contributed by atoms with Gasteiger partial charge in [-0.3, -0.25) is 0 Å². The van der Waals surface area contributed by atoms with Gasteiger partial charge in [-0.2, -0.15) is 9.61 Å². The number of rotatable bonds is 5. The van der Waals surface area contributed by atoms with Gasteiger partial charge in [0.2, 0.25) is 10.7 Å². The van der Waals surface area contributed by atoms with E-state index in [-0.39, 0.29) is 0 Å². The van der Waals surface area contributed by atoms with Gasteiger partial charge in [0.05, 0.1) is 33.2 Å². The largest absolute Gasteiger partial charge is 0.493 e. The van der Waals surface area contributed by atoms with Crippen molar-refractivity contribution in [2.45, 2.75) is 6.92 Å². The molecule has 0 spiro atoms. The summed E-state index contributed by atoms with van der Waals surface area (Å²) in [5.74, 6) is 3.08. The number of nitrogens with zero attached hydrogens (tertiary/aromatic N) is 4. The van der Waals surface area contributed by atoms with Gasteiger partial charge in [0, 0.05) is 5.56 Å². The highest BCUT2D eigenvalue weighted by atomic mass is 32.1. The molecule has 0 saturated carbocycles. The van der Waals surface area contributed by atoms with Gasteiger partial charge >= 0.3 is 0 Å². The third kappa shape index (κ3) is 2.48. The summed E-state index contributed by atoms with van der Waals surface area (Å²) < 4.78 is 23.3. The highest BCUT2D eigenvalue weighted by Crippen LogP contribution is 2.42. The second-order valence-corrected chi connectivity index (χ2v) is 6.39. The number of methoxy groups -OCH3 is 3. The van der Waals surface area contributed by atoms with E-state index in [1.54, 1.807) is 32.1 Å². The molecule has 1 aromatic carbocycles. The molecule has 4 aromatic rings. The Balaban J connectivity index is 1.85. The number of aryl methyl sites for hydroxylation is 1. The first-order valence-electron chi connectivity index (χ1n) is 7.73. The Morgan fingerprint density at radius 1 is 1.04 bits per heavy atom. The van der Waals surface area contributed by atoms with Gasteiger partial charge in [0.1, 0.15) is 10.8 Å². The van der Waals surface area contributed by atoms with E-state index in [9.17, 15) is 0 Å². The fourth-order valence-electron chi connectivity index (χ4n) is 2.72. The number of ether oxygens (including phenoxy) is 3. The molecule has 0 aliphatic carbocycles. The van der Waals surface area contributed by atoms with Crippen molar-refractivity contribution < 1.29 is 18.6 Å². The van der Waals surface area contributed by atoms with Crippen molar-refractivity contribution in [3.8, 4) is 39.2 Å². The van der Waals surface area contributed by atoms with E-state index in [0.29, 0.717) is 28.0 Å². The topological polar surface area (TPSA) is 83.9 Å². The molecule has 0 bridgehead atoms. The minimum atomic E-state index is 0.538. The van der Waals surface area contributed by atoms with Gasteiger partial charge in [0.15, 0.2) is 17.3 Å². The first kappa shape index (κ1) is 16.4. The van der Waals surface area contributed by atoms with Crippen molar-refractivity contribution >= 4 is 16.3 Å². The SMILES string of the molecule is COc1cc(-c2nn3c(-c4ccoc4C)nnc3s2)cc(OC)c1OC. The number of hydrogen-bond donors (Lipinski definition) is 0. The van der Waals surface area contributed by atoms with Gasteiger partial charge in [-0.25, -0.2) is 0 Å². The lowest BCUT2D eigenvalue weighted by atomic mass is 10.2. The molecule has 8 nitrogen and oxygen atoms in total. The number of benzene rings is 1. The lowest BCUT2D eigenvalue weighted by Gasteiger charge is -2.13. The molecule has 134 valence electrons. The third-order valence-electron chi connectivity index (χ3n) is 4.00. The Morgan fingerprint density at radius 3 is 2.35 bits per heavy atom. The predicted octanol–water partition coefficient (Wildman–Crippen LogP) is 3.45. The average Bonchev–Trinajstić information content (AvgIpc) is 3.35. The van der Waals surface area contributed by atoms with Crippen LogP contribution < -0.4 is 14.2 Å². The van der Waals surface area contributed by atoms with Crippen LogP contribution in [0.25, 0.3) is 26.9 Å². The van der Waals surface area contributed by atoms with E-state index in [1.165, 1.54) is 11.3 Å². The maximum atomic E-state index is 5.42. The molecule has 3 heterocycles. The smallest absolute Gasteiger partial charge is 0.235 e. The number of hydrogen-bond acceptors (Lipinski definition) is 8. The van der Waals surface area contributed by atoms with Gasteiger partial charge in [-0.05, 0) is 25.1 Å². The van der Waals surface area contributed by atoms with Crippen molar-refractivity contribution in [3.05, 3.63) is 30.2 Å². The zero-order valence-electron chi connectivity index (χ0n) is 14.6. The predicted molar refractivity (Wildman–Crippen MR) is 96.2 cm³/mol. The molecule has 0 radical (unpaired) electrons. The maximum absolute atomic E-state index is 5.42. The Labute approximate surface area is 152 Å². The molecule has 26 heavy (non-hydrogen) atoms. The van der Waals surface area contributed by atoms with Crippen molar-refractivity contribution in [2.75, 3.05) is 21.3 Å². The van der Waals surface area contributed by atoms with Crippen molar-refractivity contribution in [1.29, 1.82) is 0 Å². The van der Waals surface area contributed by atoms with Gasteiger partial charge in [-0.15, -0.1) is 10.2 Å².